The largest absolute Gasteiger partial charge is 0.462 e. The van der Waals surface area contributed by atoms with Gasteiger partial charge in [0.2, 0.25) is 0 Å². The fourth-order valence-electron chi connectivity index (χ4n) is 1.92. The van der Waals surface area contributed by atoms with E-state index in [1.807, 2.05) is 6.07 Å². The number of hydrogen-bond donors (Lipinski definition) is 1. The van der Waals surface area contributed by atoms with Crippen LogP contribution < -0.4 is 5.32 Å². The molecule has 1 N–H and O–H groups in total. The molecule has 6 heteroatoms. The quantitative estimate of drug-likeness (QED) is 0.625. The first kappa shape index (κ1) is 15.9. The van der Waals surface area contributed by atoms with Crippen molar-refractivity contribution in [3.63, 3.8) is 0 Å². The Morgan fingerprint density at radius 1 is 1.14 bits per heavy atom. The van der Waals surface area contributed by atoms with E-state index in [2.05, 4.69) is 15.3 Å². The van der Waals surface area contributed by atoms with Gasteiger partial charge in [0.1, 0.15) is 0 Å². The fraction of sp³-hybridized carbons (Fsp3) is 0.312. The summed E-state index contributed by atoms with van der Waals surface area (Å²) in [6.45, 7) is 3.42. The molecular formula is C16H19N3O3. The van der Waals surface area contributed by atoms with Crippen LogP contribution >= 0.6 is 0 Å². The summed E-state index contributed by atoms with van der Waals surface area (Å²) >= 11 is 0. The lowest BCUT2D eigenvalue weighted by atomic mass is 10.1. The molecule has 0 saturated heterocycles. The Morgan fingerprint density at radius 3 is 2.59 bits per heavy atom. The second kappa shape index (κ2) is 8.09. The second-order valence-corrected chi connectivity index (χ2v) is 4.56. The van der Waals surface area contributed by atoms with Crippen molar-refractivity contribution in [2.24, 2.45) is 0 Å². The SMILES string of the molecule is CCOC(=O)c1cncc(-c2cncc(NCCOC)c2)c1. The van der Waals surface area contributed by atoms with Crippen molar-refractivity contribution in [3.8, 4) is 11.1 Å². The van der Waals surface area contributed by atoms with Gasteiger partial charge in [0, 0.05) is 49.6 Å². The number of rotatable bonds is 7. The van der Waals surface area contributed by atoms with Gasteiger partial charge in [-0.2, -0.15) is 0 Å². The first-order chi connectivity index (χ1) is 10.7. The molecule has 116 valence electrons. The Labute approximate surface area is 129 Å². The molecule has 0 radical (unpaired) electrons. The Balaban J connectivity index is 2.19. The normalized spacial score (nSPS) is 10.3. The fourth-order valence-corrected chi connectivity index (χ4v) is 1.92. The number of methoxy groups -OCH3 is 1. The van der Waals surface area contributed by atoms with Gasteiger partial charge in [0.15, 0.2) is 0 Å². The average molecular weight is 301 g/mol. The van der Waals surface area contributed by atoms with Gasteiger partial charge in [-0.25, -0.2) is 4.79 Å². The second-order valence-electron chi connectivity index (χ2n) is 4.56. The van der Waals surface area contributed by atoms with Gasteiger partial charge in [-0.3, -0.25) is 9.97 Å². The van der Waals surface area contributed by atoms with Crippen LogP contribution in [0.4, 0.5) is 5.69 Å². The summed E-state index contributed by atoms with van der Waals surface area (Å²) in [4.78, 5) is 20.1. The van der Waals surface area contributed by atoms with Crippen LogP contribution in [0.1, 0.15) is 17.3 Å². The minimum absolute atomic E-state index is 0.337. The maximum Gasteiger partial charge on any atom is 0.339 e. The van der Waals surface area contributed by atoms with E-state index in [1.165, 1.54) is 6.20 Å². The first-order valence-electron chi connectivity index (χ1n) is 7.05. The molecular weight excluding hydrogens is 282 g/mol. The molecule has 0 bridgehead atoms. The zero-order chi connectivity index (χ0) is 15.8. The highest BCUT2D eigenvalue weighted by Gasteiger charge is 2.09. The van der Waals surface area contributed by atoms with E-state index >= 15 is 0 Å². The Bertz CT molecular complexity index is 632. The van der Waals surface area contributed by atoms with E-state index in [9.17, 15) is 4.79 Å². The van der Waals surface area contributed by atoms with Crippen molar-refractivity contribution in [1.29, 1.82) is 0 Å². The topological polar surface area (TPSA) is 73.3 Å². The minimum atomic E-state index is -0.376. The molecule has 0 aromatic carbocycles. The third kappa shape index (κ3) is 4.26. The zero-order valence-corrected chi connectivity index (χ0v) is 12.7. The number of nitrogens with one attached hydrogen (secondary N) is 1. The lowest BCUT2D eigenvalue weighted by Crippen LogP contribution is -2.07. The predicted molar refractivity (Wildman–Crippen MR) is 83.8 cm³/mol. The lowest BCUT2D eigenvalue weighted by Gasteiger charge is -2.08. The molecule has 22 heavy (non-hydrogen) atoms. The standard InChI is InChI=1S/C16H19N3O3/c1-3-22-16(20)14-6-12(8-17-10-14)13-7-15(11-18-9-13)19-4-5-21-2/h6-11,19H,3-5H2,1-2H3. The van der Waals surface area contributed by atoms with Gasteiger partial charge in [-0.15, -0.1) is 0 Å². The van der Waals surface area contributed by atoms with E-state index in [0.29, 0.717) is 25.3 Å². The van der Waals surface area contributed by atoms with Gasteiger partial charge in [-0.1, -0.05) is 0 Å². The zero-order valence-electron chi connectivity index (χ0n) is 12.7. The molecule has 0 spiro atoms. The molecule has 6 nitrogen and oxygen atoms in total. The van der Waals surface area contributed by atoms with Crippen molar-refractivity contribution in [2.45, 2.75) is 6.92 Å². The Hall–Kier alpha value is -2.47. The number of esters is 1. The number of nitrogens with zero attached hydrogens (tertiary/aromatic N) is 2. The van der Waals surface area contributed by atoms with Crippen LogP contribution in [0.5, 0.6) is 0 Å². The maximum atomic E-state index is 11.8. The highest BCUT2D eigenvalue weighted by molar-refractivity contribution is 5.90. The van der Waals surface area contributed by atoms with E-state index in [0.717, 1.165) is 16.8 Å². The number of ether oxygens (including phenoxy) is 2. The van der Waals surface area contributed by atoms with Crippen molar-refractivity contribution < 1.29 is 14.3 Å². The number of carbonyl (C=O) groups excluding carboxylic acids is 1. The molecule has 0 unspecified atom stereocenters. The van der Waals surface area contributed by atoms with Crippen LogP contribution in [-0.2, 0) is 9.47 Å². The molecule has 0 amide bonds. The molecule has 0 aliphatic heterocycles. The minimum Gasteiger partial charge on any atom is -0.462 e. The Kier molecular flexibility index (Phi) is 5.85. The van der Waals surface area contributed by atoms with E-state index in [1.54, 1.807) is 38.7 Å². The molecule has 0 saturated carbocycles. The number of pyridine rings is 2. The first-order valence-corrected chi connectivity index (χ1v) is 7.05. The highest BCUT2D eigenvalue weighted by atomic mass is 16.5. The summed E-state index contributed by atoms with van der Waals surface area (Å²) in [5.74, 6) is -0.376. The smallest absolute Gasteiger partial charge is 0.339 e. The average Bonchev–Trinajstić information content (AvgIpc) is 2.56. The van der Waals surface area contributed by atoms with Crippen LogP contribution in [0.25, 0.3) is 11.1 Å². The third-order valence-electron chi connectivity index (χ3n) is 2.96. The lowest BCUT2D eigenvalue weighted by molar-refractivity contribution is 0.0526. The maximum absolute atomic E-state index is 11.8. The van der Waals surface area contributed by atoms with Gasteiger partial charge in [-0.05, 0) is 19.1 Å². The summed E-state index contributed by atoms with van der Waals surface area (Å²) in [6.07, 6.45) is 6.66. The molecule has 0 aliphatic carbocycles. The molecule has 2 aromatic heterocycles. The van der Waals surface area contributed by atoms with Gasteiger partial charge in [0.05, 0.1) is 24.5 Å². The van der Waals surface area contributed by atoms with Crippen LogP contribution in [0.15, 0.2) is 36.9 Å². The molecule has 2 rings (SSSR count). The highest BCUT2D eigenvalue weighted by Crippen LogP contribution is 2.21. The summed E-state index contributed by atoms with van der Waals surface area (Å²) < 4.78 is 9.99. The van der Waals surface area contributed by atoms with Crippen molar-refractivity contribution in [3.05, 3.63) is 42.5 Å². The third-order valence-corrected chi connectivity index (χ3v) is 2.96. The summed E-state index contributed by atoms with van der Waals surface area (Å²) in [7, 11) is 1.66. The molecule has 2 heterocycles. The van der Waals surface area contributed by atoms with Crippen molar-refractivity contribution in [1.82, 2.24) is 9.97 Å². The Morgan fingerprint density at radius 2 is 1.86 bits per heavy atom. The number of carbonyl (C=O) groups is 1. The van der Waals surface area contributed by atoms with E-state index in [-0.39, 0.29) is 5.97 Å². The van der Waals surface area contributed by atoms with Crippen molar-refractivity contribution >= 4 is 11.7 Å². The summed E-state index contributed by atoms with van der Waals surface area (Å²) in [5, 5.41) is 3.21. The predicted octanol–water partition coefficient (Wildman–Crippen LogP) is 2.38. The van der Waals surface area contributed by atoms with Gasteiger partial charge >= 0.3 is 5.97 Å². The van der Waals surface area contributed by atoms with Crippen LogP contribution in [0, 0.1) is 0 Å². The van der Waals surface area contributed by atoms with Crippen LogP contribution in [-0.4, -0.2) is 42.8 Å². The molecule has 0 atom stereocenters. The number of anilines is 1. The molecule has 2 aromatic rings. The van der Waals surface area contributed by atoms with E-state index in [4.69, 9.17) is 9.47 Å². The van der Waals surface area contributed by atoms with Crippen LogP contribution in [0.2, 0.25) is 0 Å². The number of hydrogen-bond acceptors (Lipinski definition) is 6. The molecule has 0 fully saturated rings. The number of aromatic nitrogens is 2. The summed E-state index contributed by atoms with van der Waals surface area (Å²) in [6, 6.07) is 3.70. The summed E-state index contributed by atoms with van der Waals surface area (Å²) in [5.41, 5.74) is 3.00. The van der Waals surface area contributed by atoms with Gasteiger partial charge < -0.3 is 14.8 Å². The van der Waals surface area contributed by atoms with E-state index < -0.39 is 0 Å². The van der Waals surface area contributed by atoms with Crippen LogP contribution in [0.3, 0.4) is 0 Å². The van der Waals surface area contributed by atoms with Crippen molar-refractivity contribution in [2.75, 3.05) is 32.2 Å². The molecule has 0 aliphatic rings. The van der Waals surface area contributed by atoms with Gasteiger partial charge in [0.25, 0.3) is 0 Å². The monoisotopic (exact) mass is 301 g/mol.